The molecule has 5 nitrogen and oxygen atoms in total. The Morgan fingerprint density at radius 2 is 1.68 bits per heavy atom. The number of carbonyl (C=O) groups excluding carboxylic acids is 2. The van der Waals surface area contributed by atoms with Crippen molar-refractivity contribution in [2.75, 3.05) is 6.54 Å². The molecule has 2 aliphatic heterocycles. The van der Waals surface area contributed by atoms with Crippen molar-refractivity contribution in [3.8, 4) is 0 Å². The Morgan fingerprint density at radius 3 is 2.35 bits per heavy atom. The summed E-state index contributed by atoms with van der Waals surface area (Å²) in [5.74, 6) is -0.485. The number of benzene rings is 2. The predicted molar refractivity (Wildman–Crippen MR) is 124 cm³/mol. The van der Waals surface area contributed by atoms with Gasteiger partial charge in [0, 0.05) is 45.3 Å². The van der Waals surface area contributed by atoms with E-state index in [2.05, 4.69) is 15.5 Å². The zero-order chi connectivity index (χ0) is 22.0. The van der Waals surface area contributed by atoms with Crippen LogP contribution in [0.25, 0.3) is 0 Å². The van der Waals surface area contributed by atoms with Gasteiger partial charge in [-0.1, -0.05) is 46.9 Å². The van der Waals surface area contributed by atoms with Gasteiger partial charge in [0.05, 0.1) is 6.54 Å². The van der Waals surface area contributed by atoms with Crippen LogP contribution in [0.15, 0.2) is 42.5 Å². The van der Waals surface area contributed by atoms with Gasteiger partial charge in [0.2, 0.25) is 5.91 Å². The van der Waals surface area contributed by atoms with Gasteiger partial charge in [-0.15, -0.1) is 0 Å². The third kappa shape index (κ3) is 5.53. The Bertz CT molecular complexity index is 970. The number of piperidine rings is 1. The van der Waals surface area contributed by atoms with Crippen molar-refractivity contribution in [3.05, 3.63) is 68.7 Å². The highest BCUT2D eigenvalue weighted by molar-refractivity contribution is 6.35. The number of rotatable bonds is 6. The Hall–Kier alpha value is -1.79. The lowest BCUT2D eigenvalue weighted by Crippen LogP contribution is -2.51. The zero-order valence-electron chi connectivity index (χ0n) is 16.9. The highest BCUT2D eigenvalue weighted by Gasteiger charge is 2.41. The molecule has 0 radical (unpaired) electrons. The number of hydrogen-bond donors (Lipinski definition) is 2. The summed E-state index contributed by atoms with van der Waals surface area (Å²) in [6, 6.07) is 13.2. The van der Waals surface area contributed by atoms with E-state index in [1.54, 1.807) is 30.3 Å². The molecular formula is C23H24Cl3N3O2. The van der Waals surface area contributed by atoms with Gasteiger partial charge in [0.25, 0.3) is 5.91 Å². The van der Waals surface area contributed by atoms with E-state index >= 15 is 0 Å². The van der Waals surface area contributed by atoms with Crippen LogP contribution in [0.5, 0.6) is 0 Å². The minimum absolute atomic E-state index is 0.0543. The summed E-state index contributed by atoms with van der Waals surface area (Å²) in [5.41, 5.74) is 1.52. The first-order valence-corrected chi connectivity index (χ1v) is 11.5. The molecule has 2 heterocycles. The van der Waals surface area contributed by atoms with Gasteiger partial charge in [-0.05, 0) is 61.6 Å². The van der Waals surface area contributed by atoms with Crippen LogP contribution < -0.4 is 10.6 Å². The number of carbonyl (C=O) groups is 2. The molecule has 8 heteroatoms. The van der Waals surface area contributed by atoms with Crippen molar-refractivity contribution in [1.29, 1.82) is 0 Å². The summed E-state index contributed by atoms with van der Waals surface area (Å²) >= 11 is 18.3. The quantitative estimate of drug-likeness (QED) is 0.631. The van der Waals surface area contributed by atoms with E-state index in [-0.39, 0.29) is 24.4 Å². The molecule has 0 spiro atoms. The van der Waals surface area contributed by atoms with Gasteiger partial charge < -0.3 is 10.6 Å². The predicted octanol–water partition coefficient (Wildman–Crippen LogP) is 4.69. The topological polar surface area (TPSA) is 61.4 Å². The Morgan fingerprint density at radius 1 is 0.968 bits per heavy atom. The molecule has 164 valence electrons. The smallest absolute Gasteiger partial charge is 0.251 e. The first-order valence-electron chi connectivity index (χ1n) is 10.4. The minimum Gasteiger partial charge on any atom is -0.352 e. The van der Waals surface area contributed by atoms with E-state index in [1.807, 2.05) is 12.1 Å². The summed E-state index contributed by atoms with van der Waals surface area (Å²) < 4.78 is 0. The largest absolute Gasteiger partial charge is 0.352 e. The van der Waals surface area contributed by atoms with E-state index in [0.717, 1.165) is 37.8 Å². The molecule has 2 N–H and O–H groups in total. The molecule has 1 unspecified atom stereocenters. The molecule has 3 atom stereocenters. The number of halogens is 3. The zero-order valence-corrected chi connectivity index (χ0v) is 19.2. The molecule has 2 saturated heterocycles. The van der Waals surface area contributed by atoms with Gasteiger partial charge >= 0.3 is 0 Å². The summed E-state index contributed by atoms with van der Waals surface area (Å²) in [7, 11) is 0. The lowest BCUT2D eigenvalue weighted by Gasteiger charge is -2.39. The van der Waals surface area contributed by atoms with E-state index < -0.39 is 0 Å². The molecule has 31 heavy (non-hydrogen) atoms. The molecule has 0 aromatic heterocycles. The van der Waals surface area contributed by atoms with E-state index in [4.69, 9.17) is 34.8 Å². The molecule has 4 rings (SSSR count). The lowest BCUT2D eigenvalue weighted by atomic mass is 9.96. The first kappa shape index (κ1) is 22.4. The molecular weight excluding hydrogens is 457 g/mol. The van der Waals surface area contributed by atoms with Crippen LogP contribution in [0, 0.1) is 0 Å². The van der Waals surface area contributed by atoms with Crippen LogP contribution >= 0.6 is 34.8 Å². The maximum Gasteiger partial charge on any atom is 0.251 e. The highest BCUT2D eigenvalue weighted by Crippen LogP contribution is 2.37. The average molecular weight is 481 g/mol. The number of amides is 2. The summed E-state index contributed by atoms with van der Waals surface area (Å²) in [4.78, 5) is 27.1. The fourth-order valence-electron chi connectivity index (χ4n) is 4.67. The van der Waals surface area contributed by atoms with Crippen molar-refractivity contribution in [2.45, 2.75) is 50.4 Å². The van der Waals surface area contributed by atoms with Crippen LogP contribution in [0.4, 0.5) is 0 Å². The van der Waals surface area contributed by atoms with Crippen molar-refractivity contribution >= 4 is 46.6 Å². The lowest BCUT2D eigenvalue weighted by molar-refractivity contribution is -0.121. The second-order valence-electron chi connectivity index (χ2n) is 8.22. The molecule has 0 saturated carbocycles. The molecule has 2 aromatic carbocycles. The number of hydrogen-bond acceptors (Lipinski definition) is 3. The van der Waals surface area contributed by atoms with E-state index in [1.165, 1.54) is 0 Å². The van der Waals surface area contributed by atoms with Gasteiger partial charge in [0.15, 0.2) is 0 Å². The van der Waals surface area contributed by atoms with Crippen molar-refractivity contribution in [3.63, 3.8) is 0 Å². The van der Waals surface area contributed by atoms with Gasteiger partial charge in [-0.25, -0.2) is 0 Å². The molecule has 0 aliphatic carbocycles. The van der Waals surface area contributed by atoms with Crippen molar-refractivity contribution in [1.82, 2.24) is 15.5 Å². The Balaban J connectivity index is 1.28. The van der Waals surface area contributed by atoms with Crippen LogP contribution in [-0.2, 0) is 11.3 Å². The molecule has 2 aromatic rings. The van der Waals surface area contributed by atoms with Crippen LogP contribution in [0.1, 0.15) is 41.6 Å². The Kier molecular flexibility index (Phi) is 7.07. The van der Waals surface area contributed by atoms with Crippen molar-refractivity contribution in [2.24, 2.45) is 0 Å². The van der Waals surface area contributed by atoms with E-state index in [0.29, 0.717) is 32.7 Å². The standard InChI is InChI=1S/C23H24Cl3N3O2/c24-16-3-1-2-14(8-16)23(31)27-12-22(30)28-18-10-19-6-7-20(11-18)29(19)13-15-4-5-17(25)9-21(15)26/h1-5,8-9,18-20H,6-7,10-13H2,(H,27,31)(H,28,30)/t18?,19-,20+. The van der Waals surface area contributed by atoms with Crippen molar-refractivity contribution < 1.29 is 9.59 Å². The number of nitrogens with zero attached hydrogens (tertiary/aromatic N) is 1. The van der Waals surface area contributed by atoms with Gasteiger partial charge in [-0.2, -0.15) is 0 Å². The Labute approximate surface area is 197 Å². The third-order valence-corrected chi connectivity index (χ3v) is 6.94. The maximum atomic E-state index is 12.4. The normalized spacial score (nSPS) is 22.9. The number of fused-ring (bicyclic) bond motifs is 2. The van der Waals surface area contributed by atoms with Gasteiger partial charge in [-0.3, -0.25) is 14.5 Å². The minimum atomic E-state index is -0.313. The average Bonchev–Trinajstić information content (AvgIpc) is 2.96. The molecule has 2 amide bonds. The molecule has 2 fully saturated rings. The van der Waals surface area contributed by atoms with Crippen LogP contribution in [-0.4, -0.2) is 41.4 Å². The van der Waals surface area contributed by atoms with Crippen LogP contribution in [0.3, 0.4) is 0 Å². The van der Waals surface area contributed by atoms with Gasteiger partial charge in [0.1, 0.15) is 0 Å². The maximum absolute atomic E-state index is 12.4. The summed E-state index contributed by atoms with van der Waals surface area (Å²) in [5, 5.41) is 7.57. The van der Waals surface area contributed by atoms with E-state index in [9.17, 15) is 9.59 Å². The molecule has 2 bridgehead atoms. The molecule has 2 aliphatic rings. The third-order valence-electron chi connectivity index (χ3n) is 6.11. The number of nitrogens with one attached hydrogen (secondary N) is 2. The second-order valence-corrected chi connectivity index (χ2v) is 9.50. The summed E-state index contributed by atoms with van der Waals surface area (Å²) in [6.45, 7) is 0.739. The van der Waals surface area contributed by atoms with Crippen LogP contribution in [0.2, 0.25) is 15.1 Å². The fraction of sp³-hybridized carbons (Fsp3) is 0.391. The second kappa shape index (κ2) is 9.78. The SMILES string of the molecule is O=C(CNC(=O)c1cccc(Cl)c1)NC1C[C@H]2CC[C@@H](C1)N2Cc1ccc(Cl)cc1Cl. The fourth-order valence-corrected chi connectivity index (χ4v) is 5.33. The highest BCUT2D eigenvalue weighted by atomic mass is 35.5. The monoisotopic (exact) mass is 479 g/mol. The summed E-state index contributed by atoms with van der Waals surface area (Å²) in [6.07, 6.45) is 4.03. The first-order chi connectivity index (χ1) is 14.9.